The molecular weight excluding hydrogens is 428 g/mol. The van der Waals surface area contributed by atoms with Gasteiger partial charge in [-0.15, -0.1) is 0 Å². The molecule has 3 aliphatic rings. The van der Waals surface area contributed by atoms with E-state index in [-0.39, 0.29) is 5.92 Å². The van der Waals surface area contributed by atoms with Crippen LogP contribution >= 0.6 is 0 Å². The summed E-state index contributed by atoms with van der Waals surface area (Å²) in [4.78, 5) is 17.2. The van der Waals surface area contributed by atoms with Crippen LogP contribution in [0.15, 0.2) is 54.1 Å². The van der Waals surface area contributed by atoms with E-state index in [4.69, 9.17) is 14.2 Å². The van der Waals surface area contributed by atoms with Crippen LogP contribution in [0.25, 0.3) is 6.08 Å². The van der Waals surface area contributed by atoms with Crippen LogP contribution in [-0.2, 0) is 26.1 Å². The van der Waals surface area contributed by atoms with E-state index in [1.165, 1.54) is 11.6 Å². The van der Waals surface area contributed by atoms with Crippen molar-refractivity contribution in [2.24, 2.45) is 30.7 Å². The first-order valence-corrected chi connectivity index (χ1v) is 12.2. The monoisotopic (exact) mass is 466 g/mol. The minimum Gasteiger partial charge on any atom is -0.456 e. The highest BCUT2D eigenvalue weighted by molar-refractivity contribution is 5.86. The first kappa shape index (κ1) is 24.7. The van der Waals surface area contributed by atoms with E-state index >= 15 is 0 Å². The van der Waals surface area contributed by atoms with E-state index in [1.807, 2.05) is 36.9 Å². The van der Waals surface area contributed by atoms with Gasteiger partial charge in [-0.25, -0.2) is 9.78 Å². The maximum Gasteiger partial charge on any atom is 0.331 e. The standard InChI is InChI=1S/C28H38N2O4/c1-18(2)22-10-8-19(3)23-15-25(33-26(31)11-9-21-16-30(6)17-29-21)27(5)12-13-28(32-7,34-27)20(4)14-24(22)23/h8-9,11-14,16-18,22-25H,10,15H2,1-7H3/t22-,23+,24?,25+,27+,28-/m1/s1. The SMILES string of the molecule is CO[C@]12C=C[C@](C)(O1)[C@@H](OC(=O)C=Cc1cn(C)cn1)C[C@H]1C(C)=CC[C@H](C(C)C)C1C=C2C. The van der Waals surface area contributed by atoms with Crippen LogP contribution in [0.3, 0.4) is 0 Å². The zero-order valence-corrected chi connectivity index (χ0v) is 21.4. The largest absolute Gasteiger partial charge is 0.456 e. The molecule has 0 spiro atoms. The third-order valence-corrected chi connectivity index (χ3v) is 7.89. The number of aryl methyl sites for hydroxylation is 1. The summed E-state index contributed by atoms with van der Waals surface area (Å²) in [5.41, 5.74) is 2.31. The first-order valence-electron chi connectivity index (χ1n) is 12.2. The van der Waals surface area contributed by atoms with Crippen molar-refractivity contribution in [1.82, 2.24) is 9.55 Å². The van der Waals surface area contributed by atoms with Crippen LogP contribution in [0.1, 0.15) is 53.2 Å². The molecule has 1 aliphatic carbocycles. The highest BCUT2D eigenvalue weighted by Crippen LogP contribution is 2.49. The molecule has 0 aromatic carbocycles. The number of fused-ring (bicyclic) bond motifs is 3. The molecule has 3 heterocycles. The molecule has 6 atom stereocenters. The highest BCUT2D eigenvalue weighted by atomic mass is 16.7. The van der Waals surface area contributed by atoms with Crippen molar-refractivity contribution in [3.05, 3.63) is 59.7 Å². The van der Waals surface area contributed by atoms with Crippen LogP contribution in [0.5, 0.6) is 0 Å². The van der Waals surface area contributed by atoms with Gasteiger partial charge >= 0.3 is 5.97 Å². The van der Waals surface area contributed by atoms with Crippen molar-refractivity contribution < 1.29 is 19.0 Å². The van der Waals surface area contributed by atoms with E-state index in [1.54, 1.807) is 19.5 Å². The maximum absolute atomic E-state index is 12.9. The lowest BCUT2D eigenvalue weighted by Gasteiger charge is -2.41. The quantitative estimate of drug-likeness (QED) is 0.337. The molecule has 2 aliphatic heterocycles. The number of esters is 1. The van der Waals surface area contributed by atoms with Crippen LogP contribution in [0.2, 0.25) is 0 Å². The van der Waals surface area contributed by atoms with Gasteiger partial charge in [0.15, 0.2) is 0 Å². The number of carbonyl (C=O) groups excluding carboxylic acids is 1. The third kappa shape index (κ3) is 4.58. The minimum atomic E-state index is -0.950. The average molecular weight is 467 g/mol. The molecular formula is C28H38N2O4. The Morgan fingerprint density at radius 3 is 2.74 bits per heavy atom. The number of rotatable bonds is 5. The second kappa shape index (κ2) is 9.31. The predicted octanol–water partition coefficient (Wildman–Crippen LogP) is 5.24. The number of carbonyl (C=O) groups is 1. The van der Waals surface area contributed by atoms with E-state index in [2.05, 4.69) is 44.8 Å². The van der Waals surface area contributed by atoms with Gasteiger partial charge in [-0.2, -0.15) is 0 Å². The van der Waals surface area contributed by atoms with Crippen molar-refractivity contribution in [2.75, 3.05) is 7.11 Å². The predicted molar refractivity (Wildman–Crippen MR) is 133 cm³/mol. The van der Waals surface area contributed by atoms with Crippen molar-refractivity contribution in [3.63, 3.8) is 0 Å². The molecule has 4 rings (SSSR count). The minimum absolute atomic E-state index is 0.260. The molecule has 6 heteroatoms. The second-order valence-corrected chi connectivity index (χ2v) is 10.6. The average Bonchev–Trinajstić information content (AvgIpc) is 3.38. The summed E-state index contributed by atoms with van der Waals surface area (Å²) in [5, 5.41) is 0. The van der Waals surface area contributed by atoms with Crippen molar-refractivity contribution in [1.29, 1.82) is 0 Å². The Kier molecular flexibility index (Phi) is 6.76. The van der Waals surface area contributed by atoms with Gasteiger partial charge in [0.2, 0.25) is 5.79 Å². The Bertz CT molecular complexity index is 1050. The molecule has 0 N–H and O–H groups in total. The zero-order chi connectivity index (χ0) is 24.7. The van der Waals surface area contributed by atoms with Gasteiger partial charge in [0.1, 0.15) is 11.7 Å². The fourth-order valence-corrected chi connectivity index (χ4v) is 5.74. The van der Waals surface area contributed by atoms with Crippen molar-refractivity contribution >= 4 is 12.0 Å². The second-order valence-electron chi connectivity index (χ2n) is 10.6. The number of ether oxygens (including phenoxy) is 3. The molecule has 0 amide bonds. The van der Waals surface area contributed by atoms with E-state index in [0.717, 1.165) is 12.0 Å². The summed E-state index contributed by atoms with van der Waals surface area (Å²) in [6.45, 7) is 10.9. The van der Waals surface area contributed by atoms with Gasteiger partial charge in [-0.3, -0.25) is 0 Å². The number of hydrogen-bond acceptors (Lipinski definition) is 5. The Balaban J connectivity index is 1.69. The Morgan fingerprint density at radius 2 is 2.09 bits per heavy atom. The molecule has 0 radical (unpaired) electrons. The van der Waals surface area contributed by atoms with Gasteiger partial charge in [-0.05, 0) is 81.1 Å². The summed E-state index contributed by atoms with van der Waals surface area (Å²) in [6, 6.07) is 0. The fourth-order valence-electron chi connectivity index (χ4n) is 5.74. The van der Waals surface area contributed by atoms with Crippen molar-refractivity contribution in [2.45, 2.75) is 65.0 Å². The number of imidazole rings is 1. The van der Waals surface area contributed by atoms with Crippen LogP contribution in [0, 0.1) is 23.7 Å². The third-order valence-electron chi connectivity index (χ3n) is 7.89. The van der Waals surface area contributed by atoms with Crippen LogP contribution in [0.4, 0.5) is 0 Å². The summed E-state index contributed by atoms with van der Waals surface area (Å²) in [6.07, 6.45) is 16.6. The normalized spacial score (nSPS) is 35.4. The maximum atomic E-state index is 12.9. The fraction of sp³-hybridized carbons (Fsp3) is 0.571. The number of allylic oxidation sites excluding steroid dienone is 3. The Morgan fingerprint density at radius 1 is 1.32 bits per heavy atom. The number of nitrogens with zero attached hydrogens (tertiary/aromatic N) is 2. The van der Waals surface area contributed by atoms with Gasteiger partial charge in [0.05, 0.1) is 12.0 Å². The lowest BCUT2D eigenvalue weighted by molar-refractivity contribution is -0.225. The topological polar surface area (TPSA) is 62.6 Å². The molecule has 0 fully saturated rings. The van der Waals surface area contributed by atoms with Crippen LogP contribution in [-0.4, -0.2) is 40.1 Å². The van der Waals surface area contributed by atoms with E-state index in [9.17, 15) is 4.79 Å². The summed E-state index contributed by atoms with van der Waals surface area (Å²) in [5.74, 6) is 0.271. The molecule has 1 aromatic heterocycles. The molecule has 0 saturated carbocycles. The highest BCUT2D eigenvalue weighted by Gasteiger charge is 2.52. The molecule has 184 valence electrons. The van der Waals surface area contributed by atoms with Crippen LogP contribution < -0.4 is 0 Å². The summed E-state index contributed by atoms with van der Waals surface area (Å²) in [7, 11) is 3.56. The first-order chi connectivity index (χ1) is 16.1. The van der Waals surface area contributed by atoms with Crippen molar-refractivity contribution in [3.8, 4) is 0 Å². The Hall–Kier alpha value is -2.44. The molecule has 6 nitrogen and oxygen atoms in total. The summed E-state index contributed by atoms with van der Waals surface area (Å²) < 4.78 is 20.5. The van der Waals surface area contributed by atoms with Gasteiger partial charge in [-0.1, -0.05) is 31.6 Å². The summed E-state index contributed by atoms with van der Waals surface area (Å²) >= 11 is 0. The number of hydrogen-bond donors (Lipinski definition) is 0. The van der Waals surface area contributed by atoms with Gasteiger partial charge in [0, 0.05) is 26.4 Å². The molecule has 34 heavy (non-hydrogen) atoms. The Labute approximate surface area is 203 Å². The van der Waals surface area contributed by atoms with E-state index in [0.29, 0.717) is 29.9 Å². The zero-order valence-electron chi connectivity index (χ0n) is 21.4. The molecule has 2 bridgehead atoms. The molecule has 1 aromatic rings. The number of aromatic nitrogens is 2. The van der Waals surface area contributed by atoms with Gasteiger partial charge < -0.3 is 18.8 Å². The lowest BCUT2D eigenvalue weighted by atomic mass is 9.65. The van der Waals surface area contributed by atoms with Gasteiger partial charge in [0.25, 0.3) is 0 Å². The molecule has 0 saturated heterocycles. The lowest BCUT2D eigenvalue weighted by Crippen LogP contribution is -2.47. The number of methoxy groups -OCH3 is 1. The van der Waals surface area contributed by atoms with E-state index < -0.39 is 23.5 Å². The smallest absolute Gasteiger partial charge is 0.331 e. The molecule has 1 unspecified atom stereocenters.